The number of amidine groups is 2. The number of aliphatic imine (C=N–C) groups is 2. The maximum Gasteiger partial charge on any atom is 0.139 e. The molecule has 0 radical (unpaired) electrons. The molecule has 0 saturated heterocycles. The van der Waals surface area contributed by atoms with Crippen molar-refractivity contribution in [2.75, 3.05) is 20.8 Å². The molecular formula is C42H50N6O4. The molecule has 3 N–H and O–H groups in total. The van der Waals surface area contributed by atoms with Crippen LogP contribution in [0.4, 0.5) is 0 Å². The second-order valence-electron chi connectivity index (χ2n) is 13.4. The molecule has 0 aliphatic carbocycles. The Hall–Kier alpha value is -5.06. The smallest absolute Gasteiger partial charge is 0.139 e. The molecule has 2 aromatic heterocycles. The van der Waals surface area contributed by atoms with E-state index in [9.17, 15) is 9.59 Å². The molecule has 4 aromatic rings. The predicted octanol–water partition coefficient (Wildman–Crippen LogP) is 6.16. The molecule has 2 atom stereocenters. The molecule has 0 bridgehead atoms. The molecule has 2 aliphatic rings. The van der Waals surface area contributed by atoms with Gasteiger partial charge in [-0.1, -0.05) is 74.5 Å². The molecule has 4 heterocycles. The summed E-state index contributed by atoms with van der Waals surface area (Å²) >= 11 is 0. The fourth-order valence-electron chi connectivity index (χ4n) is 6.79. The molecule has 0 fully saturated rings. The SMILES string of the molecule is CCNC1=NCc2cc(CC(=O)C[C@H](C)c3ccccc3)nc(COC)c21.COCc1nc(CC(=O)C[C@H](C)c2ccccc2)cc2c1C(N)=NC2. The van der Waals surface area contributed by atoms with Crippen molar-refractivity contribution in [3.63, 3.8) is 0 Å². The average molecular weight is 703 g/mol. The maximum atomic E-state index is 12.6. The number of benzene rings is 2. The summed E-state index contributed by atoms with van der Waals surface area (Å²) in [6, 6.07) is 24.2. The van der Waals surface area contributed by atoms with Crippen LogP contribution in [0.3, 0.4) is 0 Å². The van der Waals surface area contributed by atoms with Gasteiger partial charge >= 0.3 is 0 Å². The van der Waals surface area contributed by atoms with Crippen LogP contribution in [0.15, 0.2) is 82.8 Å². The summed E-state index contributed by atoms with van der Waals surface area (Å²) in [6.45, 7) is 8.97. The number of Topliss-reactive ketones (excluding diaryl/α,β-unsaturated/α-hetero) is 2. The third-order valence-corrected chi connectivity index (χ3v) is 9.25. The van der Waals surface area contributed by atoms with E-state index in [4.69, 9.17) is 20.2 Å². The fraction of sp³-hybridized carbons (Fsp3) is 0.381. The van der Waals surface area contributed by atoms with Crippen molar-refractivity contribution in [2.45, 2.75) is 84.6 Å². The quantitative estimate of drug-likeness (QED) is 0.150. The summed E-state index contributed by atoms with van der Waals surface area (Å²) in [6.07, 6.45) is 1.68. The van der Waals surface area contributed by atoms with Crippen molar-refractivity contribution >= 4 is 23.2 Å². The Bertz CT molecular complexity index is 1910. The van der Waals surface area contributed by atoms with Crippen LogP contribution < -0.4 is 11.1 Å². The zero-order valence-corrected chi connectivity index (χ0v) is 30.9. The minimum Gasteiger partial charge on any atom is -0.383 e. The molecule has 10 nitrogen and oxygen atoms in total. The van der Waals surface area contributed by atoms with Gasteiger partial charge in [-0.05, 0) is 53.1 Å². The molecule has 0 spiro atoms. The van der Waals surface area contributed by atoms with Gasteiger partial charge in [0.25, 0.3) is 0 Å². The summed E-state index contributed by atoms with van der Waals surface area (Å²) in [7, 11) is 3.28. The lowest BCUT2D eigenvalue weighted by atomic mass is 9.94. The van der Waals surface area contributed by atoms with Crippen molar-refractivity contribution in [3.8, 4) is 0 Å². The Morgan fingerprint density at radius 3 is 1.67 bits per heavy atom. The van der Waals surface area contributed by atoms with Gasteiger partial charge in [-0.3, -0.25) is 29.5 Å². The third-order valence-electron chi connectivity index (χ3n) is 9.25. The minimum atomic E-state index is 0.180. The molecule has 2 aromatic carbocycles. The molecule has 0 unspecified atom stereocenters. The second-order valence-corrected chi connectivity index (χ2v) is 13.4. The topological polar surface area (TPSA) is 141 Å². The van der Waals surface area contributed by atoms with Gasteiger partial charge in [0.1, 0.15) is 23.2 Å². The molecule has 0 amide bonds. The van der Waals surface area contributed by atoms with Crippen LogP contribution in [0.25, 0.3) is 0 Å². The Labute approximate surface area is 307 Å². The normalized spacial score (nSPS) is 13.9. The van der Waals surface area contributed by atoms with E-state index in [-0.39, 0.29) is 23.4 Å². The first-order valence-corrected chi connectivity index (χ1v) is 17.9. The van der Waals surface area contributed by atoms with Crippen molar-refractivity contribution in [3.05, 3.63) is 129 Å². The first kappa shape index (κ1) is 38.2. The highest BCUT2D eigenvalue weighted by molar-refractivity contribution is 6.03. The third kappa shape index (κ3) is 9.83. The number of fused-ring (bicyclic) bond motifs is 2. The Kier molecular flexibility index (Phi) is 13.5. The van der Waals surface area contributed by atoms with Crippen molar-refractivity contribution in [1.29, 1.82) is 0 Å². The van der Waals surface area contributed by atoms with E-state index < -0.39 is 0 Å². The number of carbonyl (C=O) groups excluding carboxylic acids is 2. The van der Waals surface area contributed by atoms with Crippen LogP contribution in [0, 0.1) is 0 Å². The first-order chi connectivity index (χ1) is 25.2. The Balaban J connectivity index is 0.000000202. The molecule has 10 heteroatoms. The van der Waals surface area contributed by atoms with E-state index in [0.29, 0.717) is 57.8 Å². The number of rotatable bonds is 15. The van der Waals surface area contributed by atoms with Crippen LogP contribution >= 0.6 is 0 Å². The van der Waals surface area contributed by atoms with E-state index in [1.165, 1.54) is 11.1 Å². The molecule has 2 aliphatic heterocycles. The fourth-order valence-corrected chi connectivity index (χ4v) is 6.79. The number of hydrogen-bond acceptors (Lipinski definition) is 10. The zero-order valence-electron chi connectivity index (χ0n) is 30.9. The number of ether oxygens (including phenoxy) is 2. The van der Waals surface area contributed by atoms with Gasteiger partial charge in [0.15, 0.2) is 0 Å². The summed E-state index contributed by atoms with van der Waals surface area (Å²) in [5, 5.41) is 3.29. The number of ketones is 2. The van der Waals surface area contributed by atoms with E-state index in [0.717, 1.165) is 57.4 Å². The number of nitrogens with one attached hydrogen (secondary N) is 1. The van der Waals surface area contributed by atoms with Gasteiger partial charge in [-0.2, -0.15) is 0 Å². The number of nitrogens with two attached hydrogens (primary N) is 1. The number of hydrogen-bond donors (Lipinski definition) is 2. The summed E-state index contributed by atoms with van der Waals surface area (Å²) in [5.74, 6) is 2.16. The largest absolute Gasteiger partial charge is 0.383 e. The van der Waals surface area contributed by atoms with Gasteiger partial charge in [0.2, 0.25) is 0 Å². The lowest BCUT2D eigenvalue weighted by molar-refractivity contribution is -0.119. The highest BCUT2D eigenvalue weighted by Crippen LogP contribution is 2.26. The summed E-state index contributed by atoms with van der Waals surface area (Å²) in [4.78, 5) is 43.3. The van der Waals surface area contributed by atoms with Gasteiger partial charge < -0.3 is 20.5 Å². The maximum absolute atomic E-state index is 12.6. The summed E-state index contributed by atoms with van der Waals surface area (Å²) < 4.78 is 10.6. The van der Waals surface area contributed by atoms with E-state index >= 15 is 0 Å². The van der Waals surface area contributed by atoms with Crippen LogP contribution in [-0.2, 0) is 58.2 Å². The zero-order chi connectivity index (χ0) is 37.0. The number of carbonyl (C=O) groups is 2. The van der Waals surface area contributed by atoms with Gasteiger partial charge in [0.05, 0.1) is 37.7 Å². The second kappa shape index (κ2) is 18.4. The number of methoxy groups -OCH3 is 2. The lowest BCUT2D eigenvalue weighted by Crippen LogP contribution is -2.24. The van der Waals surface area contributed by atoms with Gasteiger partial charge in [-0.25, -0.2) is 0 Å². The van der Waals surface area contributed by atoms with Gasteiger partial charge in [-0.15, -0.1) is 0 Å². The predicted molar refractivity (Wildman–Crippen MR) is 205 cm³/mol. The van der Waals surface area contributed by atoms with Crippen molar-refractivity contribution < 1.29 is 19.1 Å². The lowest BCUT2D eigenvalue weighted by Gasteiger charge is -2.14. The molecular weight excluding hydrogens is 652 g/mol. The van der Waals surface area contributed by atoms with Crippen LogP contribution in [0.2, 0.25) is 0 Å². The van der Waals surface area contributed by atoms with Crippen LogP contribution in [0.1, 0.15) is 102 Å². The first-order valence-electron chi connectivity index (χ1n) is 17.9. The van der Waals surface area contributed by atoms with Crippen LogP contribution in [-0.4, -0.2) is 54.0 Å². The van der Waals surface area contributed by atoms with E-state index in [1.54, 1.807) is 14.2 Å². The van der Waals surface area contributed by atoms with Crippen molar-refractivity contribution in [1.82, 2.24) is 15.3 Å². The Morgan fingerprint density at radius 2 is 1.19 bits per heavy atom. The average Bonchev–Trinajstić information content (AvgIpc) is 3.72. The molecule has 0 saturated carbocycles. The summed E-state index contributed by atoms with van der Waals surface area (Å²) in [5.41, 5.74) is 15.6. The molecule has 6 rings (SSSR count). The van der Waals surface area contributed by atoms with Gasteiger partial charge in [0, 0.05) is 69.0 Å². The highest BCUT2D eigenvalue weighted by atomic mass is 16.5. The number of nitrogens with zero attached hydrogens (tertiary/aromatic N) is 4. The minimum absolute atomic E-state index is 0.180. The number of pyridine rings is 2. The molecule has 52 heavy (non-hydrogen) atoms. The standard InChI is InChI=1S/C22H27N3O2.C20H23N3O2/c1-4-23-22-21-17(13-24-22)11-18(25-20(21)14-27-3)12-19(26)10-15(2)16-8-6-5-7-9-16;1-13(14-6-4-3-5-7-14)8-17(24)10-16-9-15-11-22-20(21)19(15)18(23-16)12-25-2/h5-9,11,15H,4,10,12-14H2,1-3H3,(H,23,24);3-7,9,13H,8,10-12H2,1-2H3,(H2,21,22)/t15-;13-/m00/s1. The Morgan fingerprint density at radius 1 is 0.731 bits per heavy atom. The van der Waals surface area contributed by atoms with Crippen molar-refractivity contribution in [2.24, 2.45) is 15.7 Å². The van der Waals surface area contributed by atoms with E-state index in [2.05, 4.69) is 58.4 Å². The monoisotopic (exact) mass is 702 g/mol. The highest BCUT2D eigenvalue weighted by Gasteiger charge is 2.24. The van der Waals surface area contributed by atoms with E-state index in [1.807, 2.05) is 55.5 Å². The molecule has 272 valence electrons. The number of aromatic nitrogens is 2. The van der Waals surface area contributed by atoms with Crippen LogP contribution in [0.5, 0.6) is 0 Å².